The lowest BCUT2D eigenvalue weighted by molar-refractivity contribution is 0.571. The van der Waals surface area contributed by atoms with Gasteiger partial charge in [0.2, 0.25) is 0 Å². The van der Waals surface area contributed by atoms with E-state index in [9.17, 15) is 0 Å². The first-order valence-electron chi connectivity index (χ1n) is 15.6. The summed E-state index contributed by atoms with van der Waals surface area (Å²) >= 11 is 0. The highest BCUT2D eigenvalue weighted by Gasteiger charge is 2.19. The van der Waals surface area contributed by atoms with Crippen LogP contribution in [0.1, 0.15) is 0 Å². The Morgan fingerprint density at radius 1 is 0.312 bits per heavy atom. The summed E-state index contributed by atoms with van der Waals surface area (Å²) in [5.41, 5.74) is 10.5. The molecular formula is C42H26N4O2. The van der Waals surface area contributed by atoms with Crippen molar-refractivity contribution in [2.45, 2.75) is 0 Å². The molecule has 0 unspecified atom stereocenters. The van der Waals surface area contributed by atoms with Crippen LogP contribution in [0, 0.1) is 0 Å². The van der Waals surface area contributed by atoms with Crippen LogP contribution in [0.4, 0.5) is 0 Å². The largest absolute Gasteiger partial charge is 0.443 e. The van der Waals surface area contributed by atoms with Gasteiger partial charge < -0.3 is 8.83 Å². The number of nitrogens with zero attached hydrogens (tertiary/aromatic N) is 4. The van der Waals surface area contributed by atoms with E-state index >= 15 is 0 Å². The van der Waals surface area contributed by atoms with Crippen molar-refractivity contribution in [1.29, 1.82) is 0 Å². The van der Waals surface area contributed by atoms with Gasteiger partial charge in [0.25, 0.3) is 0 Å². The van der Waals surface area contributed by atoms with Crippen LogP contribution in [-0.2, 0) is 0 Å². The van der Waals surface area contributed by atoms with E-state index in [1.54, 1.807) is 18.6 Å². The predicted octanol–water partition coefficient (Wildman–Crippen LogP) is 10.8. The zero-order chi connectivity index (χ0) is 31.9. The number of fused-ring (bicyclic) bond motifs is 2. The van der Waals surface area contributed by atoms with E-state index in [1.165, 1.54) is 23.9 Å². The summed E-state index contributed by atoms with van der Waals surface area (Å²) in [7, 11) is 0. The Balaban J connectivity index is 1.30. The Morgan fingerprint density at radius 3 is 1.33 bits per heavy atom. The Hall–Kier alpha value is -6.66. The number of aromatic nitrogens is 4. The molecule has 0 radical (unpaired) electrons. The number of benzene rings is 5. The number of hydrogen-bond acceptors (Lipinski definition) is 6. The Morgan fingerprint density at radius 2 is 0.771 bits per heavy atom. The molecule has 48 heavy (non-hydrogen) atoms. The third-order valence-corrected chi connectivity index (χ3v) is 8.84. The molecule has 0 atom stereocenters. The minimum absolute atomic E-state index is 0.670. The summed E-state index contributed by atoms with van der Waals surface area (Å²) in [6.45, 7) is 0. The molecule has 0 aliphatic heterocycles. The molecule has 0 spiro atoms. The smallest absolute Gasteiger partial charge is 0.181 e. The van der Waals surface area contributed by atoms with E-state index < -0.39 is 0 Å². The summed E-state index contributed by atoms with van der Waals surface area (Å²) in [4.78, 5) is 17.5. The van der Waals surface area contributed by atoms with Gasteiger partial charge in [-0.15, -0.1) is 0 Å². The van der Waals surface area contributed by atoms with Crippen molar-refractivity contribution in [2.24, 2.45) is 0 Å². The minimum atomic E-state index is 0.670. The average molecular weight is 619 g/mol. The fraction of sp³-hybridized carbons (Fsp3) is 0. The predicted molar refractivity (Wildman–Crippen MR) is 190 cm³/mol. The van der Waals surface area contributed by atoms with Crippen molar-refractivity contribution in [1.82, 2.24) is 19.9 Å². The molecule has 0 aliphatic carbocycles. The quantitative estimate of drug-likeness (QED) is 0.173. The fourth-order valence-electron chi connectivity index (χ4n) is 6.61. The number of rotatable bonds is 6. The standard InChI is InChI=1S/C42H26N4O2/c1-2-6-27(7-3-1)28-10-12-29(13-11-28)30-14-15-37-38(18-30)42(34-17-32(20-44-22-34)40-24-46-26-48-40)36-9-5-4-8-35(36)41(37)33-16-31(19-43-21-33)39-23-45-25-47-39/h1-26H. The molecule has 0 saturated heterocycles. The van der Waals surface area contributed by atoms with Crippen LogP contribution >= 0.6 is 0 Å². The molecule has 6 nitrogen and oxygen atoms in total. The fourth-order valence-corrected chi connectivity index (χ4v) is 6.61. The maximum absolute atomic E-state index is 5.65. The van der Waals surface area contributed by atoms with Gasteiger partial charge in [-0.2, -0.15) is 0 Å². The van der Waals surface area contributed by atoms with Gasteiger partial charge in [0, 0.05) is 47.0 Å². The highest BCUT2D eigenvalue weighted by Crippen LogP contribution is 2.45. The maximum Gasteiger partial charge on any atom is 0.181 e. The molecule has 0 bridgehead atoms. The van der Waals surface area contributed by atoms with Crippen molar-refractivity contribution in [3.8, 4) is 67.2 Å². The van der Waals surface area contributed by atoms with E-state index in [1.807, 2.05) is 24.7 Å². The van der Waals surface area contributed by atoms with Crippen molar-refractivity contribution >= 4 is 21.5 Å². The summed E-state index contributed by atoms with van der Waals surface area (Å²) in [5, 5.41) is 4.43. The van der Waals surface area contributed by atoms with Crippen LogP contribution in [0.5, 0.6) is 0 Å². The Labute approximate surface area is 276 Å². The zero-order valence-electron chi connectivity index (χ0n) is 25.6. The third kappa shape index (κ3) is 4.84. The van der Waals surface area contributed by atoms with Gasteiger partial charge in [-0.05, 0) is 73.1 Å². The SMILES string of the molecule is c1ccc(-c2ccc(-c3ccc4c(-c5cncc(-c6cnco6)c5)c5ccccc5c(-c5cncc(-c6cnco6)c5)c4c3)cc2)cc1. The molecular weight excluding hydrogens is 592 g/mol. The first-order chi connectivity index (χ1) is 23.8. The first kappa shape index (κ1) is 27.6. The molecule has 0 N–H and O–H groups in total. The lowest BCUT2D eigenvalue weighted by Gasteiger charge is -2.19. The second-order valence-electron chi connectivity index (χ2n) is 11.7. The van der Waals surface area contributed by atoms with Gasteiger partial charge in [0.15, 0.2) is 24.3 Å². The number of hydrogen-bond donors (Lipinski definition) is 0. The molecule has 9 rings (SSSR count). The average Bonchev–Trinajstić information content (AvgIpc) is 3.90. The molecule has 4 aromatic heterocycles. The normalized spacial score (nSPS) is 11.3. The van der Waals surface area contributed by atoms with Crippen LogP contribution in [0.15, 0.2) is 168 Å². The summed E-state index contributed by atoms with van der Waals surface area (Å²) in [5.74, 6) is 1.34. The van der Waals surface area contributed by atoms with Gasteiger partial charge in [-0.1, -0.05) is 91.0 Å². The highest BCUT2D eigenvalue weighted by atomic mass is 16.3. The molecule has 0 aliphatic rings. The van der Waals surface area contributed by atoms with Crippen LogP contribution in [0.3, 0.4) is 0 Å². The molecule has 0 amide bonds. The molecule has 0 fully saturated rings. The maximum atomic E-state index is 5.65. The van der Waals surface area contributed by atoms with Crippen molar-refractivity contribution in [3.05, 3.63) is 159 Å². The molecule has 4 heterocycles. The second-order valence-corrected chi connectivity index (χ2v) is 11.7. The summed E-state index contributed by atoms with van der Waals surface area (Å²) < 4.78 is 11.3. The van der Waals surface area contributed by atoms with Crippen LogP contribution in [0.2, 0.25) is 0 Å². The van der Waals surface area contributed by atoms with E-state index in [4.69, 9.17) is 8.83 Å². The molecule has 5 aromatic carbocycles. The van der Waals surface area contributed by atoms with E-state index in [2.05, 4.69) is 123 Å². The molecule has 0 saturated carbocycles. The minimum Gasteiger partial charge on any atom is -0.443 e. The topological polar surface area (TPSA) is 77.8 Å². The van der Waals surface area contributed by atoms with E-state index in [-0.39, 0.29) is 0 Å². The number of oxazole rings is 2. The highest BCUT2D eigenvalue weighted by molar-refractivity contribution is 6.22. The van der Waals surface area contributed by atoms with Gasteiger partial charge in [0.05, 0.1) is 12.4 Å². The van der Waals surface area contributed by atoms with Crippen LogP contribution in [0.25, 0.3) is 88.7 Å². The summed E-state index contributed by atoms with van der Waals surface area (Å²) in [6.07, 6.45) is 13.8. The molecule has 9 aromatic rings. The zero-order valence-corrected chi connectivity index (χ0v) is 25.6. The summed E-state index contributed by atoms with van der Waals surface area (Å²) in [6, 6.07) is 38.7. The molecule has 226 valence electrons. The van der Waals surface area contributed by atoms with Gasteiger partial charge >= 0.3 is 0 Å². The third-order valence-electron chi connectivity index (χ3n) is 8.84. The molecule has 6 heteroatoms. The lowest BCUT2D eigenvalue weighted by Crippen LogP contribution is -1.93. The van der Waals surface area contributed by atoms with Crippen LogP contribution in [-0.4, -0.2) is 19.9 Å². The second kappa shape index (κ2) is 11.6. The van der Waals surface area contributed by atoms with E-state index in [0.29, 0.717) is 11.5 Å². The van der Waals surface area contributed by atoms with Crippen molar-refractivity contribution < 1.29 is 8.83 Å². The van der Waals surface area contributed by atoms with Gasteiger partial charge in [-0.3, -0.25) is 9.97 Å². The van der Waals surface area contributed by atoms with Crippen LogP contribution < -0.4 is 0 Å². The van der Waals surface area contributed by atoms with Crippen molar-refractivity contribution in [2.75, 3.05) is 0 Å². The lowest BCUT2D eigenvalue weighted by atomic mass is 9.85. The van der Waals surface area contributed by atoms with Crippen molar-refractivity contribution in [3.63, 3.8) is 0 Å². The Kier molecular flexibility index (Phi) is 6.68. The first-order valence-corrected chi connectivity index (χ1v) is 15.6. The number of pyridine rings is 2. The van der Waals surface area contributed by atoms with E-state index in [0.717, 1.165) is 66.1 Å². The van der Waals surface area contributed by atoms with Gasteiger partial charge in [-0.25, -0.2) is 9.97 Å². The van der Waals surface area contributed by atoms with Gasteiger partial charge in [0.1, 0.15) is 0 Å². The Bertz CT molecular complexity index is 2540. The monoisotopic (exact) mass is 618 g/mol.